The van der Waals surface area contributed by atoms with Crippen LogP contribution in [0.25, 0.3) is 0 Å². The summed E-state index contributed by atoms with van der Waals surface area (Å²) in [5, 5.41) is 6.95. The molecule has 0 fully saturated rings. The van der Waals surface area contributed by atoms with Gasteiger partial charge in [-0.05, 0) is 12.0 Å². The molecule has 1 heterocycles. The van der Waals surface area contributed by atoms with E-state index >= 15 is 0 Å². The van der Waals surface area contributed by atoms with E-state index in [9.17, 15) is 4.79 Å². The van der Waals surface area contributed by atoms with E-state index in [0.717, 1.165) is 5.56 Å². The zero-order valence-electron chi connectivity index (χ0n) is 11.9. The van der Waals surface area contributed by atoms with E-state index in [-0.39, 0.29) is 18.3 Å². The molecule has 2 rings (SSSR count). The van der Waals surface area contributed by atoms with Crippen LogP contribution in [-0.2, 0) is 24.7 Å². The van der Waals surface area contributed by atoms with Crippen LogP contribution in [0.2, 0.25) is 0 Å². The number of hydrogen-bond acceptors (Lipinski definition) is 4. The van der Waals surface area contributed by atoms with Crippen molar-refractivity contribution in [1.29, 1.82) is 0 Å². The van der Waals surface area contributed by atoms with Gasteiger partial charge >= 0.3 is 0 Å². The molecule has 0 aliphatic rings. The summed E-state index contributed by atoms with van der Waals surface area (Å²) >= 11 is 0. The number of carbonyl (C=O) groups excluding carboxylic acids is 1. The van der Waals surface area contributed by atoms with Gasteiger partial charge in [0.05, 0.1) is 6.04 Å². The van der Waals surface area contributed by atoms with Crippen LogP contribution in [0.15, 0.2) is 36.7 Å². The fourth-order valence-electron chi connectivity index (χ4n) is 1.89. The van der Waals surface area contributed by atoms with E-state index < -0.39 is 6.04 Å². The second kappa shape index (κ2) is 8.39. The van der Waals surface area contributed by atoms with Crippen molar-refractivity contribution in [3.63, 3.8) is 0 Å². The lowest BCUT2D eigenvalue weighted by Crippen LogP contribution is -2.42. The molecule has 21 heavy (non-hydrogen) atoms. The molecule has 1 amide bonds. The van der Waals surface area contributed by atoms with Crippen LogP contribution in [0.5, 0.6) is 0 Å². The summed E-state index contributed by atoms with van der Waals surface area (Å²) in [5.41, 5.74) is 6.94. The molecular weight excluding hydrogens is 290 g/mol. The average Bonchev–Trinajstić information content (AvgIpc) is 2.85. The molecule has 0 spiro atoms. The Morgan fingerprint density at radius 1 is 1.38 bits per heavy atom. The first-order chi connectivity index (χ1) is 9.65. The lowest BCUT2D eigenvalue weighted by molar-refractivity contribution is -0.122. The number of nitrogens with two attached hydrogens (primary N) is 1. The summed E-state index contributed by atoms with van der Waals surface area (Å²) in [6, 6.07) is 9.21. The van der Waals surface area contributed by atoms with Gasteiger partial charge in [0.15, 0.2) is 5.82 Å². The van der Waals surface area contributed by atoms with Crippen molar-refractivity contribution >= 4 is 18.3 Å². The van der Waals surface area contributed by atoms with Gasteiger partial charge in [-0.15, -0.1) is 12.4 Å². The number of aromatic nitrogens is 3. The zero-order valence-corrected chi connectivity index (χ0v) is 12.7. The van der Waals surface area contributed by atoms with Crippen LogP contribution < -0.4 is 11.1 Å². The molecule has 2 aromatic rings. The largest absolute Gasteiger partial charge is 0.354 e. The number of halogens is 1. The zero-order chi connectivity index (χ0) is 14.4. The molecule has 0 aliphatic heterocycles. The van der Waals surface area contributed by atoms with Crippen molar-refractivity contribution in [1.82, 2.24) is 20.1 Å². The van der Waals surface area contributed by atoms with Gasteiger partial charge in [-0.3, -0.25) is 9.48 Å². The molecule has 0 saturated heterocycles. The van der Waals surface area contributed by atoms with E-state index in [1.54, 1.807) is 11.0 Å². The summed E-state index contributed by atoms with van der Waals surface area (Å²) in [6.45, 7) is 0.491. The first-order valence-electron chi connectivity index (χ1n) is 6.57. The normalized spacial score (nSPS) is 11.5. The second-order valence-electron chi connectivity index (χ2n) is 4.67. The number of rotatable bonds is 6. The number of benzene rings is 1. The Hall–Kier alpha value is -1.92. The van der Waals surface area contributed by atoms with Crippen LogP contribution in [0.1, 0.15) is 11.4 Å². The van der Waals surface area contributed by atoms with Gasteiger partial charge in [0, 0.05) is 20.0 Å². The summed E-state index contributed by atoms with van der Waals surface area (Å²) in [6.07, 6.45) is 2.78. The van der Waals surface area contributed by atoms with E-state index in [4.69, 9.17) is 5.73 Å². The highest BCUT2D eigenvalue weighted by Crippen LogP contribution is 2.01. The maximum atomic E-state index is 11.9. The molecular formula is C14H20ClN5O. The molecule has 0 bridgehead atoms. The lowest BCUT2D eigenvalue weighted by Gasteiger charge is -2.11. The predicted molar refractivity (Wildman–Crippen MR) is 83.1 cm³/mol. The fraction of sp³-hybridized carbons (Fsp3) is 0.357. The van der Waals surface area contributed by atoms with E-state index in [0.29, 0.717) is 25.2 Å². The van der Waals surface area contributed by atoms with E-state index in [1.807, 2.05) is 37.4 Å². The minimum absolute atomic E-state index is 0. The number of aryl methyl sites for hydroxylation is 1. The fourth-order valence-corrected chi connectivity index (χ4v) is 1.89. The van der Waals surface area contributed by atoms with Gasteiger partial charge in [0.1, 0.15) is 6.33 Å². The van der Waals surface area contributed by atoms with Crippen molar-refractivity contribution in [3.05, 3.63) is 48.0 Å². The molecule has 1 aromatic heterocycles. The summed E-state index contributed by atoms with van der Waals surface area (Å²) < 4.78 is 1.64. The molecule has 1 atom stereocenters. The summed E-state index contributed by atoms with van der Waals surface area (Å²) in [7, 11) is 1.81. The van der Waals surface area contributed by atoms with E-state index in [1.165, 1.54) is 0 Å². The van der Waals surface area contributed by atoms with Crippen molar-refractivity contribution in [2.75, 3.05) is 6.54 Å². The maximum Gasteiger partial charge on any atom is 0.237 e. The lowest BCUT2D eigenvalue weighted by atomic mass is 10.1. The highest BCUT2D eigenvalue weighted by atomic mass is 35.5. The third-order valence-corrected chi connectivity index (χ3v) is 2.93. The first-order valence-corrected chi connectivity index (χ1v) is 6.57. The standard InChI is InChI=1S/C14H19N5O.ClH/c1-19-10-17-13(18-19)7-8-16-14(20)12(15)9-11-5-3-2-4-6-11;/h2-6,10,12H,7-9,15H2,1H3,(H,16,20);1H/t12-;/m0./s1. The molecule has 7 heteroatoms. The van der Waals surface area contributed by atoms with Crippen LogP contribution >= 0.6 is 12.4 Å². The van der Waals surface area contributed by atoms with E-state index in [2.05, 4.69) is 15.4 Å². The Balaban J connectivity index is 0.00000220. The van der Waals surface area contributed by atoms with Gasteiger partial charge in [-0.2, -0.15) is 5.10 Å². The Morgan fingerprint density at radius 3 is 2.71 bits per heavy atom. The molecule has 0 saturated carbocycles. The molecule has 3 N–H and O–H groups in total. The summed E-state index contributed by atoms with van der Waals surface area (Å²) in [5.74, 6) is 0.564. The highest BCUT2D eigenvalue weighted by Gasteiger charge is 2.13. The maximum absolute atomic E-state index is 11.9. The predicted octanol–water partition coefficient (Wildman–Crippen LogP) is 0.466. The van der Waals surface area contributed by atoms with Crippen LogP contribution in [0, 0.1) is 0 Å². The van der Waals surface area contributed by atoms with Crippen LogP contribution in [0.3, 0.4) is 0 Å². The molecule has 0 radical (unpaired) electrons. The average molecular weight is 310 g/mol. The van der Waals surface area contributed by atoms with Crippen molar-refractivity contribution in [3.8, 4) is 0 Å². The highest BCUT2D eigenvalue weighted by molar-refractivity contribution is 5.85. The van der Waals surface area contributed by atoms with Crippen molar-refractivity contribution in [2.24, 2.45) is 12.8 Å². The van der Waals surface area contributed by atoms with Gasteiger partial charge in [-0.25, -0.2) is 4.98 Å². The third kappa shape index (κ3) is 5.53. The molecule has 0 unspecified atom stereocenters. The van der Waals surface area contributed by atoms with Crippen LogP contribution in [-0.4, -0.2) is 33.3 Å². The molecule has 1 aromatic carbocycles. The van der Waals surface area contributed by atoms with Crippen LogP contribution in [0.4, 0.5) is 0 Å². The Bertz CT molecular complexity index is 558. The number of amides is 1. The number of nitrogens with one attached hydrogen (secondary N) is 1. The van der Waals surface area contributed by atoms with Gasteiger partial charge < -0.3 is 11.1 Å². The Kier molecular flexibility index (Phi) is 6.84. The van der Waals surface area contributed by atoms with Gasteiger partial charge in [0.25, 0.3) is 0 Å². The number of nitrogens with zero attached hydrogens (tertiary/aromatic N) is 3. The Morgan fingerprint density at radius 2 is 2.10 bits per heavy atom. The SMILES string of the molecule is Cl.Cn1cnc(CCNC(=O)[C@@H](N)Cc2ccccc2)n1. The Labute approximate surface area is 130 Å². The number of carbonyl (C=O) groups is 1. The van der Waals surface area contributed by atoms with Gasteiger partial charge in [-0.1, -0.05) is 30.3 Å². The van der Waals surface area contributed by atoms with Gasteiger partial charge in [0.2, 0.25) is 5.91 Å². The number of hydrogen-bond donors (Lipinski definition) is 2. The first kappa shape index (κ1) is 17.1. The topological polar surface area (TPSA) is 85.8 Å². The quantitative estimate of drug-likeness (QED) is 0.812. The molecule has 0 aliphatic carbocycles. The second-order valence-corrected chi connectivity index (χ2v) is 4.67. The minimum Gasteiger partial charge on any atom is -0.354 e. The summed E-state index contributed by atoms with van der Waals surface area (Å²) in [4.78, 5) is 16.0. The molecule has 6 nitrogen and oxygen atoms in total. The molecule has 114 valence electrons. The monoisotopic (exact) mass is 309 g/mol. The third-order valence-electron chi connectivity index (χ3n) is 2.93. The van der Waals surface area contributed by atoms with Crippen molar-refractivity contribution in [2.45, 2.75) is 18.9 Å². The van der Waals surface area contributed by atoms with Crippen molar-refractivity contribution < 1.29 is 4.79 Å². The smallest absolute Gasteiger partial charge is 0.237 e. The minimum atomic E-state index is -0.533.